The molecule has 0 aromatic heterocycles. The van der Waals surface area contributed by atoms with Crippen LogP contribution in [0.4, 0.5) is 0 Å². The van der Waals surface area contributed by atoms with Crippen molar-refractivity contribution in [1.82, 2.24) is 5.32 Å². The molecule has 0 unspecified atom stereocenters. The molecule has 1 aliphatic carbocycles. The molecule has 0 aliphatic heterocycles. The summed E-state index contributed by atoms with van der Waals surface area (Å²) in [6.45, 7) is 4.57. The topological polar surface area (TPSA) is 30.5 Å². The van der Waals surface area contributed by atoms with E-state index in [1.165, 1.54) is 24.8 Å². The molecule has 0 amide bonds. The van der Waals surface area contributed by atoms with Crippen molar-refractivity contribution >= 4 is 15.9 Å². The fraction of sp³-hybridized carbons (Fsp3) is 0.600. The molecule has 106 valence electrons. The Morgan fingerprint density at radius 2 is 2.16 bits per heavy atom. The van der Waals surface area contributed by atoms with Crippen molar-refractivity contribution in [2.24, 2.45) is 5.92 Å². The van der Waals surface area contributed by atoms with Gasteiger partial charge in [0.15, 0.2) is 11.5 Å². The summed E-state index contributed by atoms with van der Waals surface area (Å²) in [5, 5.41) is 3.49. The average Bonchev–Trinajstić information content (AvgIpc) is 3.21. The standard InChI is InChI=1S/C15H22BrNO2/c1-3-19-15-13(16)8-12(9-14(15)18-2)10-17-7-6-11-4-5-11/h8-9,11,17H,3-7,10H2,1-2H3. The van der Waals surface area contributed by atoms with Crippen LogP contribution in [0.25, 0.3) is 0 Å². The highest BCUT2D eigenvalue weighted by Gasteiger charge is 2.20. The van der Waals surface area contributed by atoms with E-state index in [1.807, 2.05) is 13.0 Å². The number of methoxy groups -OCH3 is 1. The van der Waals surface area contributed by atoms with Crippen LogP contribution < -0.4 is 14.8 Å². The van der Waals surface area contributed by atoms with Crippen LogP contribution in [0.3, 0.4) is 0 Å². The summed E-state index contributed by atoms with van der Waals surface area (Å²) in [7, 11) is 1.68. The zero-order valence-electron chi connectivity index (χ0n) is 11.7. The summed E-state index contributed by atoms with van der Waals surface area (Å²) in [6, 6.07) is 4.14. The Morgan fingerprint density at radius 1 is 1.37 bits per heavy atom. The van der Waals surface area contributed by atoms with Gasteiger partial charge in [-0.2, -0.15) is 0 Å². The van der Waals surface area contributed by atoms with E-state index >= 15 is 0 Å². The van der Waals surface area contributed by atoms with E-state index < -0.39 is 0 Å². The third kappa shape index (κ3) is 4.39. The molecule has 0 atom stereocenters. The first kappa shape index (κ1) is 14.7. The van der Waals surface area contributed by atoms with Gasteiger partial charge in [-0.25, -0.2) is 0 Å². The highest BCUT2D eigenvalue weighted by atomic mass is 79.9. The normalized spacial score (nSPS) is 14.5. The van der Waals surface area contributed by atoms with E-state index in [-0.39, 0.29) is 0 Å². The largest absolute Gasteiger partial charge is 0.493 e. The average molecular weight is 328 g/mol. The van der Waals surface area contributed by atoms with Crippen LogP contribution in [0.1, 0.15) is 31.7 Å². The smallest absolute Gasteiger partial charge is 0.175 e. The third-order valence-corrected chi connectivity index (χ3v) is 3.92. The van der Waals surface area contributed by atoms with Crippen molar-refractivity contribution in [2.45, 2.75) is 32.7 Å². The fourth-order valence-corrected chi connectivity index (χ4v) is 2.71. The number of rotatable bonds is 8. The summed E-state index contributed by atoms with van der Waals surface area (Å²) >= 11 is 3.55. The van der Waals surface area contributed by atoms with Gasteiger partial charge in [0.2, 0.25) is 0 Å². The zero-order valence-corrected chi connectivity index (χ0v) is 13.3. The number of hydrogen-bond donors (Lipinski definition) is 1. The maximum Gasteiger partial charge on any atom is 0.175 e. The Morgan fingerprint density at radius 3 is 2.79 bits per heavy atom. The monoisotopic (exact) mass is 327 g/mol. The molecule has 0 radical (unpaired) electrons. The van der Waals surface area contributed by atoms with Crippen LogP contribution in [0.5, 0.6) is 11.5 Å². The second-order valence-corrected chi connectivity index (χ2v) is 5.81. The van der Waals surface area contributed by atoms with Gasteiger partial charge in [-0.15, -0.1) is 0 Å². The fourth-order valence-electron chi connectivity index (χ4n) is 2.11. The van der Waals surface area contributed by atoms with Crippen molar-refractivity contribution in [3.8, 4) is 11.5 Å². The number of hydrogen-bond acceptors (Lipinski definition) is 3. The second kappa shape index (κ2) is 7.15. The van der Waals surface area contributed by atoms with Crippen LogP contribution in [-0.2, 0) is 6.54 Å². The number of nitrogens with one attached hydrogen (secondary N) is 1. The molecule has 19 heavy (non-hydrogen) atoms. The van der Waals surface area contributed by atoms with Crippen molar-refractivity contribution in [3.63, 3.8) is 0 Å². The van der Waals surface area contributed by atoms with Gasteiger partial charge in [0, 0.05) is 6.54 Å². The van der Waals surface area contributed by atoms with E-state index in [4.69, 9.17) is 9.47 Å². The van der Waals surface area contributed by atoms with E-state index in [1.54, 1.807) is 7.11 Å². The molecule has 1 saturated carbocycles. The summed E-state index contributed by atoms with van der Waals surface area (Å²) < 4.78 is 11.9. The van der Waals surface area contributed by atoms with Gasteiger partial charge in [0.1, 0.15) is 0 Å². The minimum atomic E-state index is 0.633. The summed E-state index contributed by atoms with van der Waals surface area (Å²) in [5.41, 5.74) is 1.21. The quantitative estimate of drug-likeness (QED) is 0.738. The molecule has 0 bridgehead atoms. The third-order valence-electron chi connectivity index (χ3n) is 3.33. The molecule has 2 rings (SSSR count). The van der Waals surface area contributed by atoms with Gasteiger partial charge in [-0.3, -0.25) is 0 Å². The first-order valence-corrected chi connectivity index (χ1v) is 7.73. The summed E-state index contributed by atoms with van der Waals surface area (Å²) in [6.07, 6.45) is 4.14. The Labute approximate surface area is 123 Å². The number of halogens is 1. The lowest BCUT2D eigenvalue weighted by Crippen LogP contribution is -2.15. The molecule has 0 saturated heterocycles. The summed E-state index contributed by atoms with van der Waals surface area (Å²) in [5.74, 6) is 2.55. The first-order chi connectivity index (χ1) is 9.24. The Bertz CT molecular complexity index is 419. The molecule has 4 heteroatoms. The molecule has 1 aliphatic rings. The van der Waals surface area contributed by atoms with E-state index in [0.29, 0.717) is 6.61 Å². The lowest BCUT2D eigenvalue weighted by Gasteiger charge is -2.13. The van der Waals surface area contributed by atoms with Gasteiger partial charge >= 0.3 is 0 Å². The molecule has 1 fully saturated rings. The molecule has 1 aromatic carbocycles. The highest BCUT2D eigenvalue weighted by molar-refractivity contribution is 9.10. The number of benzene rings is 1. The predicted octanol–water partition coefficient (Wildman–Crippen LogP) is 3.75. The van der Waals surface area contributed by atoms with Gasteiger partial charge in [-0.1, -0.05) is 12.8 Å². The molecular weight excluding hydrogens is 306 g/mol. The van der Waals surface area contributed by atoms with E-state index in [0.717, 1.165) is 35.0 Å². The molecule has 3 nitrogen and oxygen atoms in total. The minimum Gasteiger partial charge on any atom is -0.493 e. The van der Waals surface area contributed by atoms with Crippen molar-refractivity contribution in [2.75, 3.05) is 20.3 Å². The van der Waals surface area contributed by atoms with Gasteiger partial charge in [0.05, 0.1) is 18.2 Å². The maximum absolute atomic E-state index is 5.59. The van der Waals surface area contributed by atoms with Crippen molar-refractivity contribution in [1.29, 1.82) is 0 Å². The van der Waals surface area contributed by atoms with Gasteiger partial charge in [0.25, 0.3) is 0 Å². The maximum atomic E-state index is 5.59. The molecule has 0 spiro atoms. The summed E-state index contributed by atoms with van der Waals surface area (Å²) in [4.78, 5) is 0. The molecule has 1 aromatic rings. The molecular formula is C15H22BrNO2. The van der Waals surface area contributed by atoms with Crippen molar-refractivity contribution in [3.05, 3.63) is 22.2 Å². The van der Waals surface area contributed by atoms with Crippen LogP contribution in [0.15, 0.2) is 16.6 Å². The van der Waals surface area contributed by atoms with Gasteiger partial charge < -0.3 is 14.8 Å². The lowest BCUT2D eigenvalue weighted by atomic mass is 10.2. The first-order valence-electron chi connectivity index (χ1n) is 6.94. The predicted molar refractivity (Wildman–Crippen MR) is 80.9 cm³/mol. The number of ether oxygens (including phenoxy) is 2. The highest BCUT2D eigenvalue weighted by Crippen LogP contribution is 2.36. The van der Waals surface area contributed by atoms with Crippen LogP contribution in [0, 0.1) is 5.92 Å². The van der Waals surface area contributed by atoms with Crippen LogP contribution in [0.2, 0.25) is 0 Å². The van der Waals surface area contributed by atoms with E-state index in [9.17, 15) is 0 Å². The SMILES string of the molecule is CCOc1c(Br)cc(CNCCC2CC2)cc1OC. The van der Waals surface area contributed by atoms with Crippen LogP contribution in [-0.4, -0.2) is 20.3 Å². The Kier molecular flexibility index (Phi) is 5.52. The lowest BCUT2D eigenvalue weighted by molar-refractivity contribution is 0.308. The van der Waals surface area contributed by atoms with Crippen LogP contribution >= 0.6 is 15.9 Å². The molecule has 0 heterocycles. The second-order valence-electron chi connectivity index (χ2n) is 4.95. The Hall–Kier alpha value is -0.740. The molecule has 1 N–H and O–H groups in total. The van der Waals surface area contributed by atoms with Gasteiger partial charge in [-0.05, 0) is 59.4 Å². The minimum absolute atomic E-state index is 0.633. The zero-order chi connectivity index (χ0) is 13.7. The Balaban J connectivity index is 1.93. The van der Waals surface area contributed by atoms with E-state index in [2.05, 4.69) is 27.3 Å². The van der Waals surface area contributed by atoms with Crippen molar-refractivity contribution < 1.29 is 9.47 Å².